The van der Waals surface area contributed by atoms with Gasteiger partial charge in [0.1, 0.15) is 0 Å². The lowest BCUT2D eigenvalue weighted by Gasteiger charge is -2.35. The van der Waals surface area contributed by atoms with Crippen LogP contribution in [0.25, 0.3) is 0 Å². The van der Waals surface area contributed by atoms with E-state index in [9.17, 15) is 14.9 Å². The number of anilines is 1. The van der Waals surface area contributed by atoms with Crippen molar-refractivity contribution in [2.24, 2.45) is 0 Å². The normalized spacial score (nSPS) is 17.7. The van der Waals surface area contributed by atoms with E-state index in [0.29, 0.717) is 18.9 Å². The van der Waals surface area contributed by atoms with Gasteiger partial charge in [-0.05, 0) is 74.2 Å². The van der Waals surface area contributed by atoms with E-state index in [2.05, 4.69) is 55.3 Å². The zero-order chi connectivity index (χ0) is 28.0. The van der Waals surface area contributed by atoms with Crippen molar-refractivity contribution in [1.29, 1.82) is 0 Å². The minimum absolute atomic E-state index is 0.0261. The quantitative estimate of drug-likeness (QED) is 0.314. The predicted molar refractivity (Wildman–Crippen MR) is 156 cm³/mol. The summed E-state index contributed by atoms with van der Waals surface area (Å²) in [6.07, 6.45) is 4.57. The molecule has 2 heterocycles. The molecule has 4 rings (SSSR count). The molecule has 1 N–H and O–H groups in total. The van der Waals surface area contributed by atoms with Crippen LogP contribution in [0.2, 0.25) is 0 Å². The van der Waals surface area contributed by atoms with Crippen molar-refractivity contribution in [1.82, 2.24) is 9.80 Å². The summed E-state index contributed by atoms with van der Waals surface area (Å²) in [6, 6.07) is 14.3. The fourth-order valence-electron chi connectivity index (χ4n) is 5.69. The molecule has 0 atom stereocenters. The van der Waals surface area contributed by atoms with Crippen LogP contribution >= 0.6 is 0 Å². The fourth-order valence-corrected chi connectivity index (χ4v) is 5.69. The standard InChI is InChI=1S/C31H44N4O4/c1-5-39-29-22-27(10-11-28(29)35(37)38)32-26-14-20-34(21-15-26)30(36)16-19-33-17-12-24(13-18-33)23-6-8-25(9-7-23)31(2,3)4/h6-11,22,24,26,32H,5,12-21H2,1-4H3. The van der Waals surface area contributed by atoms with Gasteiger partial charge in [-0.15, -0.1) is 0 Å². The lowest BCUT2D eigenvalue weighted by atomic mass is 9.84. The number of nitrogens with one attached hydrogen (secondary N) is 1. The Hall–Kier alpha value is -3.13. The molecule has 39 heavy (non-hydrogen) atoms. The van der Waals surface area contributed by atoms with Crippen LogP contribution in [0.5, 0.6) is 5.75 Å². The minimum atomic E-state index is -0.424. The summed E-state index contributed by atoms with van der Waals surface area (Å²) >= 11 is 0. The number of rotatable bonds is 9. The van der Waals surface area contributed by atoms with E-state index in [4.69, 9.17) is 4.74 Å². The third-order valence-electron chi connectivity index (χ3n) is 8.15. The van der Waals surface area contributed by atoms with Gasteiger partial charge in [-0.25, -0.2) is 0 Å². The highest BCUT2D eigenvalue weighted by Crippen LogP contribution is 2.32. The van der Waals surface area contributed by atoms with Gasteiger partial charge < -0.3 is 19.9 Å². The molecule has 8 heteroatoms. The molecule has 212 valence electrons. The van der Waals surface area contributed by atoms with E-state index in [-0.39, 0.29) is 28.8 Å². The van der Waals surface area contributed by atoms with Crippen molar-refractivity contribution >= 4 is 17.3 Å². The molecule has 2 aromatic carbocycles. The number of carbonyl (C=O) groups is 1. The number of carbonyl (C=O) groups excluding carboxylic acids is 1. The number of benzene rings is 2. The summed E-state index contributed by atoms with van der Waals surface area (Å²) in [5, 5.41) is 14.7. The predicted octanol–water partition coefficient (Wildman–Crippen LogP) is 5.96. The Labute approximate surface area is 232 Å². The Balaban J connectivity index is 1.17. The lowest BCUT2D eigenvalue weighted by Crippen LogP contribution is -2.43. The molecule has 0 aromatic heterocycles. The summed E-state index contributed by atoms with van der Waals surface area (Å²) in [7, 11) is 0. The zero-order valence-electron chi connectivity index (χ0n) is 23.9. The van der Waals surface area contributed by atoms with Gasteiger partial charge in [0.05, 0.1) is 11.5 Å². The smallest absolute Gasteiger partial charge is 0.311 e. The maximum Gasteiger partial charge on any atom is 0.311 e. The van der Waals surface area contributed by atoms with Crippen LogP contribution in [0.15, 0.2) is 42.5 Å². The van der Waals surface area contributed by atoms with Crippen LogP contribution in [0, 0.1) is 10.1 Å². The Kier molecular flexibility index (Phi) is 9.49. The Morgan fingerprint density at radius 2 is 1.69 bits per heavy atom. The van der Waals surface area contributed by atoms with Crippen molar-refractivity contribution in [2.75, 3.05) is 44.6 Å². The first-order valence-corrected chi connectivity index (χ1v) is 14.4. The third-order valence-corrected chi connectivity index (χ3v) is 8.15. The minimum Gasteiger partial charge on any atom is -0.487 e. The summed E-state index contributed by atoms with van der Waals surface area (Å²) in [6.45, 7) is 13.3. The van der Waals surface area contributed by atoms with E-state index >= 15 is 0 Å². The van der Waals surface area contributed by atoms with Gasteiger partial charge in [0.25, 0.3) is 0 Å². The highest BCUT2D eigenvalue weighted by molar-refractivity contribution is 5.76. The van der Waals surface area contributed by atoms with Crippen LogP contribution in [0.3, 0.4) is 0 Å². The molecule has 2 aliphatic heterocycles. The van der Waals surface area contributed by atoms with Crippen LogP contribution in [-0.2, 0) is 10.2 Å². The van der Waals surface area contributed by atoms with Crippen molar-refractivity contribution in [3.8, 4) is 5.75 Å². The molecule has 0 bridgehead atoms. The summed E-state index contributed by atoms with van der Waals surface area (Å²) in [4.78, 5) is 28.2. The number of nitro benzene ring substituents is 1. The van der Waals surface area contributed by atoms with Crippen LogP contribution in [-0.4, -0.2) is 66.0 Å². The number of nitro groups is 1. The molecule has 1 amide bonds. The highest BCUT2D eigenvalue weighted by Gasteiger charge is 2.26. The van der Waals surface area contributed by atoms with Crippen molar-refractivity contribution in [2.45, 2.75) is 77.2 Å². The Morgan fingerprint density at radius 1 is 1.03 bits per heavy atom. The second kappa shape index (κ2) is 12.8. The molecule has 0 saturated carbocycles. The van der Waals surface area contributed by atoms with E-state index in [0.717, 1.165) is 64.1 Å². The van der Waals surface area contributed by atoms with E-state index in [1.807, 2.05) is 11.8 Å². The summed E-state index contributed by atoms with van der Waals surface area (Å²) in [5.41, 5.74) is 3.78. The third kappa shape index (κ3) is 7.72. The molecule has 2 saturated heterocycles. The maximum absolute atomic E-state index is 12.9. The molecular weight excluding hydrogens is 492 g/mol. The average Bonchev–Trinajstić information content (AvgIpc) is 2.92. The number of ether oxygens (including phenoxy) is 1. The van der Waals surface area contributed by atoms with Gasteiger partial charge in [0, 0.05) is 49.9 Å². The molecule has 0 spiro atoms. The first kappa shape index (κ1) is 28.9. The lowest BCUT2D eigenvalue weighted by molar-refractivity contribution is -0.385. The molecule has 2 aromatic rings. The van der Waals surface area contributed by atoms with Gasteiger partial charge in [0.2, 0.25) is 5.91 Å². The molecule has 0 aliphatic carbocycles. The van der Waals surface area contributed by atoms with Crippen LogP contribution in [0.1, 0.15) is 76.8 Å². The van der Waals surface area contributed by atoms with Crippen molar-refractivity contribution in [3.63, 3.8) is 0 Å². The van der Waals surface area contributed by atoms with Gasteiger partial charge in [-0.1, -0.05) is 45.0 Å². The number of amides is 1. The van der Waals surface area contributed by atoms with Crippen molar-refractivity contribution < 1.29 is 14.5 Å². The second-order valence-electron chi connectivity index (χ2n) is 11.9. The zero-order valence-corrected chi connectivity index (χ0v) is 23.9. The van der Waals surface area contributed by atoms with Gasteiger partial charge in [-0.2, -0.15) is 0 Å². The van der Waals surface area contributed by atoms with Gasteiger partial charge in [-0.3, -0.25) is 14.9 Å². The highest BCUT2D eigenvalue weighted by atomic mass is 16.6. The SMILES string of the molecule is CCOc1cc(NC2CCN(C(=O)CCN3CCC(c4ccc(C(C)(C)C)cc4)CC3)CC2)ccc1[N+](=O)[O-]. The first-order valence-electron chi connectivity index (χ1n) is 14.4. The maximum atomic E-state index is 12.9. The fraction of sp³-hybridized carbons (Fsp3) is 0.581. The molecule has 0 radical (unpaired) electrons. The van der Waals surface area contributed by atoms with Gasteiger partial charge in [0.15, 0.2) is 5.75 Å². The molecule has 2 aliphatic rings. The molecule has 8 nitrogen and oxygen atoms in total. The average molecular weight is 537 g/mol. The first-order chi connectivity index (χ1) is 18.6. The number of likely N-dealkylation sites (tertiary alicyclic amines) is 2. The molecule has 0 unspecified atom stereocenters. The van der Waals surface area contributed by atoms with E-state index in [1.54, 1.807) is 12.1 Å². The van der Waals surface area contributed by atoms with Gasteiger partial charge >= 0.3 is 5.69 Å². The van der Waals surface area contributed by atoms with Crippen LogP contribution in [0.4, 0.5) is 11.4 Å². The van der Waals surface area contributed by atoms with Crippen molar-refractivity contribution in [3.05, 3.63) is 63.7 Å². The molecular formula is C31H44N4O4. The molecule has 2 fully saturated rings. The number of piperidine rings is 2. The van der Waals surface area contributed by atoms with Crippen LogP contribution < -0.4 is 10.1 Å². The Bertz CT molecular complexity index is 1110. The monoisotopic (exact) mass is 536 g/mol. The summed E-state index contributed by atoms with van der Waals surface area (Å²) < 4.78 is 5.46. The van der Waals surface area contributed by atoms with E-state index in [1.165, 1.54) is 17.2 Å². The summed E-state index contributed by atoms with van der Waals surface area (Å²) in [5.74, 6) is 1.13. The topological polar surface area (TPSA) is 88.0 Å². The van der Waals surface area contributed by atoms with E-state index < -0.39 is 4.92 Å². The number of hydrogen-bond acceptors (Lipinski definition) is 6. The largest absolute Gasteiger partial charge is 0.487 e. The Morgan fingerprint density at radius 3 is 2.28 bits per heavy atom. The number of hydrogen-bond donors (Lipinski definition) is 1. The second-order valence-corrected chi connectivity index (χ2v) is 11.9. The number of nitrogens with zero attached hydrogens (tertiary/aromatic N) is 3.